The van der Waals surface area contributed by atoms with E-state index < -0.39 is 16.2 Å². The van der Waals surface area contributed by atoms with Crippen molar-refractivity contribution in [3.05, 3.63) is 0 Å². The molecule has 4 N–H and O–H groups in total. The summed E-state index contributed by atoms with van der Waals surface area (Å²) >= 11 is 0. The van der Waals surface area contributed by atoms with E-state index in [0.29, 0.717) is 0 Å². The Labute approximate surface area is 65.8 Å². The first-order valence-electron chi connectivity index (χ1n) is 2.77. The molecule has 0 bridgehead atoms. The minimum atomic E-state index is -3.65. The summed E-state index contributed by atoms with van der Waals surface area (Å²) in [5.74, 6) is 0. The molecule has 0 saturated heterocycles. The van der Waals surface area contributed by atoms with Crippen LogP contribution < -0.4 is 5.73 Å². The predicted octanol–water partition coefficient (Wildman–Crippen LogP) is 0.0127. The third kappa shape index (κ3) is 8.37. The van der Waals surface area contributed by atoms with Crippen molar-refractivity contribution in [3.8, 4) is 0 Å². The molecule has 0 aliphatic heterocycles. The summed E-state index contributed by atoms with van der Waals surface area (Å²) in [4.78, 5) is 17.3. The summed E-state index contributed by atoms with van der Waals surface area (Å²) in [5.41, 5.74) is 5.03. The van der Waals surface area contributed by atoms with E-state index in [1.165, 1.54) is 0 Å². The summed E-state index contributed by atoms with van der Waals surface area (Å²) < 4.78 is 19.2. The fourth-order valence-corrected chi connectivity index (χ4v) is 1.77. The molecule has 6 nitrogen and oxygen atoms in total. The number of hydrogen-bond donors (Lipinski definition) is 3. The molecule has 2 atom stereocenters. The van der Waals surface area contributed by atoms with Crippen LogP contribution in [0.25, 0.3) is 0 Å². The molecule has 0 aromatic heterocycles. The van der Waals surface area contributed by atoms with Gasteiger partial charge in [-0.1, -0.05) is 0 Å². The minimum Gasteiger partial charge on any atom is -0.328 e. The fraction of sp³-hybridized carbons (Fsp3) is 1.00. The van der Waals surface area contributed by atoms with Crippen LogP contribution in [0.1, 0.15) is 0 Å². The van der Waals surface area contributed by atoms with Crippen LogP contribution in [0.15, 0.2) is 0 Å². The molecule has 2 unspecified atom stereocenters. The highest BCUT2D eigenvalue weighted by Crippen LogP contribution is 2.51. The standard InChI is InChI=1S/C3H11NO5P2/c1-11(6,7)9-10(5)8-3-2-4/h5H,2-4H2,1H3,(H,6,7). The molecule has 0 aliphatic carbocycles. The highest BCUT2D eigenvalue weighted by molar-refractivity contribution is 7.61. The summed E-state index contributed by atoms with van der Waals surface area (Å²) in [6.45, 7) is 1.29. The van der Waals surface area contributed by atoms with Gasteiger partial charge in [0.25, 0.3) is 0 Å². The maximum absolute atomic E-state index is 10.5. The van der Waals surface area contributed by atoms with E-state index in [1.807, 2.05) is 0 Å². The van der Waals surface area contributed by atoms with Crippen LogP contribution >= 0.6 is 16.2 Å². The summed E-state index contributed by atoms with van der Waals surface area (Å²) in [7, 11) is -5.92. The molecule has 8 heteroatoms. The Morgan fingerprint density at radius 3 is 2.64 bits per heavy atom. The molecular formula is C3H11NO5P2. The van der Waals surface area contributed by atoms with Crippen molar-refractivity contribution < 1.29 is 23.2 Å². The number of rotatable bonds is 5. The van der Waals surface area contributed by atoms with Gasteiger partial charge in [0.05, 0.1) is 6.61 Å². The molecule has 0 fully saturated rings. The van der Waals surface area contributed by atoms with E-state index in [1.54, 1.807) is 0 Å². The van der Waals surface area contributed by atoms with E-state index in [2.05, 4.69) is 8.83 Å². The second-order valence-electron chi connectivity index (χ2n) is 1.74. The van der Waals surface area contributed by atoms with Crippen molar-refractivity contribution in [2.24, 2.45) is 5.73 Å². The molecule has 0 heterocycles. The van der Waals surface area contributed by atoms with Crippen molar-refractivity contribution in [2.45, 2.75) is 0 Å². The van der Waals surface area contributed by atoms with Gasteiger partial charge in [0.2, 0.25) is 0 Å². The maximum atomic E-state index is 10.5. The van der Waals surface area contributed by atoms with E-state index in [9.17, 15) is 4.57 Å². The highest BCUT2D eigenvalue weighted by Gasteiger charge is 2.18. The molecule has 0 rings (SSSR count). The SMILES string of the molecule is CP(=O)(O)OP(O)OCCN. The van der Waals surface area contributed by atoms with Gasteiger partial charge in [-0.25, -0.2) is 4.31 Å². The second kappa shape index (κ2) is 5.17. The molecule has 0 aromatic rings. The predicted molar refractivity (Wildman–Crippen MR) is 41.0 cm³/mol. The third-order valence-electron chi connectivity index (χ3n) is 0.541. The lowest BCUT2D eigenvalue weighted by Gasteiger charge is -2.10. The van der Waals surface area contributed by atoms with Gasteiger partial charge in [-0.05, 0) is 0 Å². The molecule has 0 amide bonds. The van der Waals surface area contributed by atoms with Crippen molar-refractivity contribution in [2.75, 3.05) is 19.8 Å². The normalized spacial score (nSPS) is 19.3. The Bertz CT molecular complexity index is 147. The van der Waals surface area contributed by atoms with Crippen LogP contribution in [-0.2, 0) is 13.4 Å². The zero-order chi connectivity index (χ0) is 8.91. The van der Waals surface area contributed by atoms with Gasteiger partial charge >= 0.3 is 16.2 Å². The van der Waals surface area contributed by atoms with Crippen molar-refractivity contribution in [1.82, 2.24) is 0 Å². The van der Waals surface area contributed by atoms with E-state index in [4.69, 9.17) is 15.5 Å². The Morgan fingerprint density at radius 1 is 1.73 bits per heavy atom. The van der Waals surface area contributed by atoms with Gasteiger partial charge in [0.1, 0.15) is 0 Å². The Hall–Kier alpha value is 0.460. The lowest BCUT2D eigenvalue weighted by Crippen LogP contribution is -2.06. The van der Waals surface area contributed by atoms with E-state index in [0.717, 1.165) is 6.66 Å². The molecule has 11 heavy (non-hydrogen) atoms. The summed E-state index contributed by atoms with van der Waals surface area (Å²) in [6, 6.07) is 0. The molecule has 68 valence electrons. The van der Waals surface area contributed by atoms with Crippen molar-refractivity contribution in [1.29, 1.82) is 0 Å². The Balaban J connectivity index is 3.52. The van der Waals surface area contributed by atoms with Crippen LogP contribution in [0.5, 0.6) is 0 Å². The van der Waals surface area contributed by atoms with Gasteiger partial charge in [-0.3, -0.25) is 4.57 Å². The molecule has 0 radical (unpaired) electrons. The summed E-state index contributed by atoms with van der Waals surface area (Å²) in [5, 5.41) is 0. The topological polar surface area (TPSA) is 102 Å². The monoisotopic (exact) mass is 203 g/mol. The quantitative estimate of drug-likeness (QED) is 0.544. The first-order valence-corrected chi connectivity index (χ1v) is 5.93. The zero-order valence-corrected chi connectivity index (χ0v) is 7.79. The molecule has 0 aliphatic rings. The van der Waals surface area contributed by atoms with Crippen LogP contribution in [0.3, 0.4) is 0 Å². The van der Waals surface area contributed by atoms with Crippen LogP contribution in [-0.4, -0.2) is 29.6 Å². The second-order valence-corrected chi connectivity index (χ2v) is 4.74. The van der Waals surface area contributed by atoms with E-state index >= 15 is 0 Å². The van der Waals surface area contributed by atoms with Crippen LogP contribution in [0.2, 0.25) is 0 Å². The Morgan fingerprint density at radius 2 is 2.27 bits per heavy atom. The first-order chi connectivity index (χ1) is 4.95. The fourth-order valence-electron chi connectivity index (χ4n) is 0.284. The zero-order valence-electron chi connectivity index (χ0n) is 6.01. The number of hydrogen-bond acceptors (Lipinski definition) is 5. The van der Waals surface area contributed by atoms with E-state index in [-0.39, 0.29) is 13.2 Å². The highest BCUT2D eigenvalue weighted by atomic mass is 31.2. The molecule has 0 saturated carbocycles. The van der Waals surface area contributed by atoms with Crippen molar-refractivity contribution >= 4 is 16.2 Å². The smallest absolute Gasteiger partial charge is 0.328 e. The van der Waals surface area contributed by atoms with Crippen molar-refractivity contribution in [3.63, 3.8) is 0 Å². The lowest BCUT2D eigenvalue weighted by atomic mass is 10.8. The minimum absolute atomic E-state index is 0.0994. The van der Waals surface area contributed by atoms with Crippen LogP contribution in [0, 0.1) is 0 Å². The molecule has 0 spiro atoms. The molecule has 0 aromatic carbocycles. The van der Waals surface area contributed by atoms with Gasteiger partial charge in [0.15, 0.2) is 0 Å². The first kappa shape index (κ1) is 11.5. The number of nitrogens with two attached hydrogens (primary N) is 1. The van der Waals surface area contributed by atoms with Crippen LogP contribution in [0.4, 0.5) is 0 Å². The average molecular weight is 203 g/mol. The average Bonchev–Trinajstić information content (AvgIpc) is 1.79. The van der Waals surface area contributed by atoms with Gasteiger partial charge in [0, 0.05) is 13.2 Å². The summed E-state index contributed by atoms with van der Waals surface area (Å²) in [6.07, 6.45) is 0. The van der Waals surface area contributed by atoms with Gasteiger partial charge in [-0.15, -0.1) is 0 Å². The third-order valence-corrected chi connectivity index (χ3v) is 2.72. The Kier molecular flexibility index (Phi) is 5.38. The maximum Gasteiger partial charge on any atom is 0.337 e. The lowest BCUT2D eigenvalue weighted by molar-refractivity contribution is 0.257. The largest absolute Gasteiger partial charge is 0.337 e. The van der Waals surface area contributed by atoms with Gasteiger partial charge < -0.3 is 20.0 Å². The molecular weight excluding hydrogens is 192 g/mol. The van der Waals surface area contributed by atoms with Gasteiger partial charge in [-0.2, -0.15) is 0 Å².